The molecule has 3 aromatic rings. The molecule has 0 aliphatic rings. The molecule has 0 saturated heterocycles. The zero-order valence-corrected chi connectivity index (χ0v) is 16.9. The molecule has 3 rings (SSSR count). The average Bonchev–Trinajstić information content (AvgIpc) is 2.86. The van der Waals surface area contributed by atoms with Crippen molar-refractivity contribution in [2.24, 2.45) is 0 Å². The Balaban J connectivity index is 2.01. The standard InChI is InChI=1S/C19H24AsNO3/c1-11-8-17(22)24-18-13(3)19-15(9-14(11)18)12(2)16(23-19)10-21-7-5-4-6-20/h8-9,21H,4-7,10,20H2,1-3H3. The van der Waals surface area contributed by atoms with Crippen LogP contribution in [-0.2, 0) is 6.54 Å². The fourth-order valence-electron chi connectivity index (χ4n) is 3.12. The van der Waals surface area contributed by atoms with Gasteiger partial charge in [0.05, 0.1) is 0 Å². The van der Waals surface area contributed by atoms with E-state index in [2.05, 4.69) is 18.3 Å². The predicted octanol–water partition coefficient (Wildman–Crippen LogP) is 3.39. The molecule has 1 N–H and O–H groups in total. The molecule has 1 atom stereocenters. The molecule has 4 nitrogen and oxygen atoms in total. The first kappa shape index (κ1) is 17.3. The van der Waals surface area contributed by atoms with E-state index in [1.54, 1.807) is 22.9 Å². The van der Waals surface area contributed by atoms with Crippen LogP contribution < -0.4 is 10.9 Å². The number of fused-ring (bicyclic) bond motifs is 2. The number of nitrogens with one attached hydrogen (secondary N) is 1. The maximum atomic E-state index is 11.7. The van der Waals surface area contributed by atoms with Crippen molar-refractivity contribution in [3.05, 3.63) is 45.0 Å². The van der Waals surface area contributed by atoms with E-state index in [1.807, 2.05) is 13.8 Å². The van der Waals surface area contributed by atoms with E-state index in [0.29, 0.717) is 5.58 Å². The first-order valence-corrected chi connectivity index (χ1v) is 10.1. The van der Waals surface area contributed by atoms with Gasteiger partial charge in [-0.15, -0.1) is 0 Å². The van der Waals surface area contributed by atoms with Crippen LogP contribution in [0.1, 0.15) is 35.3 Å². The Morgan fingerprint density at radius 1 is 1.00 bits per heavy atom. The van der Waals surface area contributed by atoms with Crippen LogP contribution in [-0.4, -0.2) is 23.4 Å². The predicted molar refractivity (Wildman–Crippen MR) is 101 cm³/mol. The molecule has 1 aromatic carbocycles. The number of furan rings is 1. The van der Waals surface area contributed by atoms with E-state index in [1.165, 1.54) is 18.1 Å². The number of aryl methyl sites for hydroxylation is 3. The molecule has 0 fully saturated rings. The van der Waals surface area contributed by atoms with E-state index >= 15 is 0 Å². The van der Waals surface area contributed by atoms with Gasteiger partial charge in [-0.1, -0.05) is 0 Å². The summed E-state index contributed by atoms with van der Waals surface area (Å²) in [5.41, 5.74) is 4.13. The molecular weight excluding hydrogens is 365 g/mol. The molecule has 0 amide bonds. The molecule has 2 heterocycles. The normalized spacial score (nSPS) is 11.7. The molecule has 128 valence electrons. The quantitative estimate of drug-likeness (QED) is 0.399. The summed E-state index contributed by atoms with van der Waals surface area (Å²) in [7, 11) is 0. The third kappa shape index (κ3) is 3.18. The molecule has 2 aromatic heterocycles. The van der Waals surface area contributed by atoms with Crippen LogP contribution in [0.4, 0.5) is 0 Å². The second-order valence-electron chi connectivity index (χ2n) is 6.33. The van der Waals surface area contributed by atoms with Crippen LogP contribution in [0.25, 0.3) is 21.9 Å². The molecule has 1 unspecified atom stereocenters. The number of hydrogen-bond donors (Lipinski definition) is 1. The van der Waals surface area contributed by atoms with Crippen LogP contribution in [0, 0.1) is 20.8 Å². The minimum absolute atomic E-state index is 0.315. The van der Waals surface area contributed by atoms with Gasteiger partial charge in [0.15, 0.2) is 0 Å². The van der Waals surface area contributed by atoms with Gasteiger partial charge >= 0.3 is 132 Å². The molecular formula is C19H24AsNO3. The molecule has 5 heteroatoms. The summed E-state index contributed by atoms with van der Waals surface area (Å²) in [6, 6.07) is 3.62. The first-order valence-electron chi connectivity index (χ1n) is 8.39. The molecule has 0 saturated carbocycles. The number of unbranched alkanes of at least 4 members (excludes halogenated alkanes) is 1. The number of hydrogen-bond acceptors (Lipinski definition) is 4. The van der Waals surface area contributed by atoms with Crippen molar-refractivity contribution < 1.29 is 8.83 Å². The summed E-state index contributed by atoms with van der Waals surface area (Å²) in [5.74, 6) is 0.962. The molecule has 0 spiro atoms. The second-order valence-corrected chi connectivity index (χ2v) is 7.54. The Bertz CT molecular complexity index is 939. The third-order valence-electron chi connectivity index (χ3n) is 4.56. The molecule has 0 bridgehead atoms. The number of rotatable bonds is 6. The van der Waals surface area contributed by atoms with Crippen LogP contribution in [0.5, 0.6) is 0 Å². The summed E-state index contributed by atoms with van der Waals surface area (Å²) in [6.45, 7) is 7.73. The molecule has 0 aliphatic heterocycles. The van der Waals surface area contributed by atoms with Gasteiger partial charge in [-0.05, 0) is 6.92 Å². The van der Waals surface area contributed by atoms with Gasteiger partial charge in [0.1, 0.15) is 0 Å². The Kier molecular flexibility index (Phi) is 5.17. The fourth-order valence-corrected chi connectivity index (χ4v) is 3.72. The van der Waals surface area contributed by atoms with Crippen molar-refractivity contribution in [3.63, 3.8) is 0 Å². The van der Waals surface area contributed by atoms with E-state index in [4.69, 9.17) is 8.83 Å². The van der Waals surface area contributed by atoms with Crippen molar-refractivity contribution in [1.82, 2.24) is 5.32 Å². The molecule has 0 aliphatic carbocycles. The third-order valence-corrected chi connectivity index (χ3v) is 5.42. The monoisotopic (exact) mass is 389 g/mol. The first-order chi connectivity index (χ1) is 11.5. The van der Waals surface area contributed by atoms with E-state index in [9.17, 15) is 4.79 Å². The van der Waals surface area contributed by atoms with Crippen molar-refractivity contribution in [2.75, 3.05) is 6.54 Å². The maximum absolute atomic E-state index is 11.7. The van der Waals surface area contributed by atoms with E-state index < -0.39 is 0 Å². The van der Waals surface area contributed by atoms with Gasteiger partial charge in [0.2, 0.25) is 0 Å². The summed E-state index contributed by atoms with van der Waals surface area (Å²) < 4.78 is 11.5. The van der Waals surface area contributed by atoms with Crippen molar-refractivity contribution >= 4 is 38.8 Å². The number of benzene rings is 1. The van der Waals surface area contributed by atoms with Gasteiger partial charge < -0.3 is 0 Å². The second kappa shape index (κ2) is 7.16. The van der Waals surface area contributed by atoms with Gasteiger partial charge in [-0.3, -0.25) is 0 Å². The summed E-state index contributed by atoms with van der Waals surface area (Å²) in [4.78, 5) is 11.7. The minimum atomic E-state index is -0.315. The summed E-state index contributed by atoms with van der Waals surface area (Å²) >= 11 is 1.79. The topological polar surface area (TPSA) is 55.4 Å². The zero-order chi connectivity index (χ0) is 17.3. The van der Waals surface area contributed by atoms with Gasteiger partial charge in [-0.2, -0.15) is 0 Å². The average molecular weight is 389 g/mol. The Hall–Kier alpha value is -1.51. The van der Waals surface area contributed by atoms with E-state index in [-0.39, 0.29) is 5.63 Å². The fraction of sp³-hybridized carbons (Fsp3) is 0.421. The Morgan fingerprint density at radius 3 is 2.50 bits per heavy atom. The van der Waals surface area contributed by atoms with Crippen molar-refractivity contribution in [3.8, 4) is 0 Å². The van der Waals surface area contributed by atoms with Gasteiger partial charge in [0, 0.05) is 6.07 Å². The van der Waals surface area contributed by atoms with Crippen molar-refractivity contribution in [2.45, 2.75) is 45.4 Å². The van der Waals surface area contributed by atoms with Crippen LogP contribution in [0.2, 0.25) is 5.21 Å². The van der Waals surface area contributed by atoms with Crippen molar-refractivity contribution in [1.29, 1.82) is 0 Å². The Labute approximate surface area is 150 Å². The molecule has 24 heavy (non-hydrogen) atoms. The van der Waals surface area contributed by atoms with Crippen LogP contribution in [0.3, 0.4) is 0 Å². The summed E-state index contributed by atoms with van der Waals surface area (Å²) in [6.07, 6.45) is 2.47. The van der Waals surface area contributed by atoms with E-state index in [0.717, 1.165) is 51.9 Å². The zero-order valence-electron chi connectivity index (χ0n) is 14.5. The Morgan fingerprint density at radius 2 is 1.75 bits per heavy atom. The van der Waals surface area contributed by atoms with Gasteiger partial charge in [-0.25, -0.2) is 4.79 Å². The van der Waals surface area contributed by atoms with Crippen LogP contribution in [0.15, 0.2) is 25.8 Å². The summed E-state index contributed by atoms with van der Waals surface area (Å²) in [5, 5.41) is 6.83. The molecule has 0 radical (unpaired) electrons. The van der Waals surface area contributed by atoms with Gasteiger partial charge in [0.25, 0.3) is 0 Å². The SMILES string of the molecule is Cc1cc(=O)oc2c(C)c3oc(CNCCCC[AsH2])c(C)c3cc12. The van der Waals surface area contributed by atoms with Crippen LogP contribution >= 0.6 is 0 Å².